The molecule has 15 heavy (non-hydrogen) atoms. The van der Waals surface area contributed by atoms with Crippen LogP contribution in [0.15, 0.2) is 35.5 Å². The summed E-state index contributed by atoms with van der Waals surface area (Å²) in [6.07, 6.45) is 1.28. The molecule has 0 saturated heterocycles. The molecule has 0 aliphatic heterocycles. The zero-order valence-electron chi connectivity index (χ0n) is 7.45. The molecular formula is C9H7NO4S. The summed E-state index contributed by atoms with van der Waals surface area (Å²) in [5.74, 6) is -0.532. The van der Waals surface area contributed by atoms with Gasteiger partial charge in [0.1, 0.15) is 0 Å². The van der Waals surface area contributed by atoms with Gasteiger partial charge in [-0.15, -0.1) is 0 Å². The average Bonchev–Trinajstić information content (AvgIpc) is 2.16. The lowest BCUT2D eigenvalue weighted by molar-refractivity contribution is 0.440. The summed E-state index contributed by atoms with van der Waals surface area (Å²) < 4.78 is 30.4. The number of hydrogen-bond acceptors (Lipinski definition) is 4. The van der Waals surface area contributed by atoms with Crippen molar-refractivity contribution in [2.75, 3.05) is 0 Å². The smallest absolute Gasteiger partial charge is 0.315 e. The van der Waals surface area contributed by atoms with Crippen molar-refractivity contribution < 1.29 is 18.1 Å². The molecule has 6 heteroatoms. The first-order chi connectivity index (χ1) is 7.00. The van der Waals surface area contributed by atoms with Gasteiger partial charge in [0.05, 0.1) is 0 Å². The van der Waals surface area contributed by atoms with Gasteiger partial charge in [0.15, 0.2) is 5.75 Å². The number of fused-ring (bicyclic) bond motifs is 1. The highest BCUT2D eigenvalue weighted by molar-refractivity contribution is 7.85. The third-order valence-electron chi connectivity index (χ3n) is 1.98. The highest BCUT2D eigenvalue weighted by atomic mass is 32.2. The molecular weight excluding hydrogens is 218 g/mol. The monoisotopic (exact) mass is 225 g/mol. The van der Waals surface area contributed by atoms with Crippen LogP contribution in [0.2, 0.25) is 0 Å². The second-order valence-electron chi connectivity index (χ2n) is 2.97. The van der Waals surface area contributed by atoms with Crippen molar-refractivity contribution in [3.63, 3.8) is 0 Å². The molecule has 2 N–H and O–H groups in total. The molecule has 1 aromatic heterocycles. The number of aromatic nitrogens is 1. The lowest BCUT2D eigenvalue weighted by Gasteiger charge is -2.03. The number of pyridine rings is 1. The summed E-state index contributed by atoms with van der Waals surface area (Å²) in [7, 11) is -4.49. The molecule has 2 rings (SSSR count). The molecule has 2 aromatic rings. The van der Waals surface area contributed by atoms with Crippen LogP contribution in [-0.2, 0) is 10.1 Å². The lowest BCUT2D eigenvalue weighted by atomic mass is 10.2. The molecule has 0 radical (unpaired) electrons. The van der Waals surface area contributed by atoms with Gasteiger partial charge in [-0.2, -0.15) is 8.42 Å². The quantitative estimate of drug-likeness (QED) is 0.712. The van der Waals surface area contributed by atoms with E-state index in [0.717, 1.165) is 0 Å². The molecule has 78 valence electrons. The molecule has 0 amide bonds. The summed E-state index contributed by atoms with van der Waals surface area (Å²) in [6.45, 7) is 0. The predicted molar refractivity (Wildman–Crippen MR) is 53.2 cm³/mol. The minimum Gasteiger partial charge on any atom is -0.504 e. The highest BCUT2D eigenvalue weighted by Gasteiger charge is 2.18. The van der Waals surface area contributed by atoms with E-state index in [1.54, 1.807) is 24.3 Å². The lowest BCUT2D eigenvalue weighted by Crippen LogP contribution is -2.01. The highest BCUT2D eigenvalue weighted by Crippen LogP contribution is 2.29. The first kappa shape index (κ1) is 9.88. The SMILES string of the molecule is O=S(=O)(O)c1ncc2ccccc2c1O. The van der Waals surface area contributed by atoms with Crippen molar-refractivity contribution in [1.29, 1.82) is 0 Å². The van der Waals surface area contributed by atoms with Crippen LogP contribution < -0.4 is 0 Å². The molecule has 1 heterocycles. The van der Waals surface area contributed by atoms with E-state index >= 15 is 0 Å². The predicted octanol–water partition coefficient (Wildman–Crippen LogP) is 1.19. The molecule has 0 saturated carbocycles. The Morgan fingerprint density at radius 2 is 1.87 bits per heavy atom. The Kier molecular flexibility index (Phi) is 2.09. The molecule has 0 aliphatic carbocycles. The zero-order chi connectivity index (χ0) is 11.1. The minimum atomic E-state index is -4.49. The largest absolute Gasteiger partial charge is 0.504 e. The third-order valence-corrected chi connectivity index (χ3v) is 2.77. The molecule has 0 fully saturated rings. The van der Waals surface area contributed by atoms with E-state index in [9.17, 15) is 13.5 Å². The maximum absolute atomic E-state index is 10.8. The van der Waals surface area contributed by atoms with Gasteiger partial charge < -0.3 is 5.11 Å². The Morgan fingerprint density at radius 3 is 2.53 bits per heavy atom. The Morgan fingerprint density at radius 1 is 1.20 bits per heavy atom. The van der Waals surface area contributed by atoms with Crippen molar-refractivity contribution >= 4 is 20.9 Å². The Bertz CT molecular complexity index is 621. The van der Waals surface area contributed by atoms with Crippen LogP contribution in [0.25, 0.3) is 10.8 Å². The van der Waals surface area contributed by atoms with Gasteiger partial charge in [-0.3, -0.25) is 4.55 Å². The second kappa shape index (κ2) is 3.18. The number of hydrogen-bond donors (Lipinski definition) is 2. The van der Waals surface area contributed by atoms with Crippen molar-refractivity contribution in [3.8, 4) is 5.75 Å². The van der Waals surface area contributed by atoms with Gasteiger partial charge in [-0.1, -0.05) is 24.3 Å². The van der Waals surface area contributed by atoms with Crippen LogP contribution in [0.1, 0.15) is 0 Å². The first-order valence-corrected chi connectivity index (χ1v) is 5.48. The van der Waals surface area contributed by atoms with Crippen LogP contribution >= 0.6 is 0 Å². The van der Waals surface area contributed by atoms with E-state index in [2.05, 4.69) is 4.98 Å². The fourth-order valence-electron chi connectivity index (χ4n) is 1.32. The van der Waals surface area contributed by atoms with E-state index < -0.39 is 20.9 Å². The fraction of sp³-hybridized carbons (Fsp3) is 0. The molecule has 1 aromatic carbocycles. The summed E-state index contributed by atoms with van der Waals surface area (Å²) >= 11 is 0. The second-order valence-corrected chi connectivity index (χ2v) is 4.31. The summed E-state index contributed by atoms with van der Waals surface area (Å²) in [4.78, 5) is 3.49. The molecule has 0 spiro atoms. The van der Waals surface area contributed by atoms with Crippen molar-refractivity contribution in [3.05, 3.63) is 30.5 Å². The standard InChI is InChI=1S/C9H7NO4S/c11-8-7-4-2-1-3-6(7)5-10-9(8)15(12,13)14/h1-5,11H,(H,12,13,14). The van der Waals surface area contributed by atoms with Gasteiger partial charge in [0.2, 0.25) is 5.03 Å². The van der Waals surface area contributed by atoms with Gasteiger partial charge in [0.25, 0.3) is 0 Å². The Balaban J connectivity index is 2.88. The normalized spacial score (nSPS) is 11.8. The maximum atomic E-state index is 10.8. The van der Waals surface area contributed by atoms with Crippen molar-refractivity contribution in [2.45, 2.75) is 5.03 Å². The van der Waals surface area contributed by atoms with E-state index in [1.165, 1.54) is 6.20 Å². The number of rotatable bonds is 1. The number of benzene rings is 1. The zero-order valence-corrected chi connectivity index (χ0v) is 8.27. The summed E-state index contributed by atoms with van der Waals surface area (Å²) in [5.41, 5.74) is 0. The molecule has 0 bridgehead atoms. The number of aromatic hydroxyl groups is 1. The van der Waals surface area contributed by atoms with Crippen LogP contribution in [0.3, 0.4) is 0 Å². The van der Waals surface area contributed by atoms with Gasteiger partial charge >= 0.3 is 10.1 Å². The minimum absolute atomic E-state index is 0.333. The van der Waals surface area contributed by atoms with Crippen LogP contribution in [-0.4, -0.2) is 23.1 Å². The van der Waals surface area contributed by atoms with Crippen LogP contribution in [0, 0.1) is 0 Å². The van der Waals surface area contributed by atoms with Gasteiger partial charge in [-0.05, 0) is 0 Å². The Hall–Kier alpha value is -1.66. The fourth-order valence-corrected chi connectivity index (χ4v) is 1.86. The summed E-state index contributed by atoms with van der Waals surface area (Å²) in [5, 5.41) is 9.80. The first-order valence-electron chi connectivity index (χ1n) is 4.04. The van der Waals surface area contributed by atoms with E-state index in [-0.39, 0.29) is 0 Å². The Labute approximate surface area is 85.8 Å². The van der Waals surface area contributed by atoms with Crippen molar-refractivity contribution in [1.82, 2.24) is 4.98 Å². The molecule has 0 unspecified atom stereocenters. The number of nitrogens with zero attached hydrogens (tertiary/aromatic N) is 1. The molecule has 0 aliphatic rings. The van der Waals surface area contributed by atoms with E-state index in [4.69, 9.17) is 4.55 Å². The molecule has 0 atom stereocenters. The molecule has 5 nitrogen and oxygen atoms in total. The average molecular weight is 225 g/mol. The van der Waals surface area contributed by atoms with Crippen LogP contribution in [0.4, 0.5) is 0 Å². The summed E-state index contributed by atoms with van der Waals surface area (Å²) in [6, 6.07) is 6.60. The van der Waals surface area contributed by atoms with Crippen molar-refractivity contribution in [2.24, 2.45) is 0 Å². The topological polar surface area (TPSA) is 87.5 Å². The van der Waals surface area contributed by atoms with Gasteiger partial charge in [0, 0.05) is 17.0 Å². The van der Waals surface area contributed by atoms with E-state index in [0.29, 0.717) is 10.8 Å². The van der Waals surface area contributed by atoms with Crippen LogP contribution in [0.5, 0.6) is 5.75 Å². The maximum Gasteiger partial charge on any atom is 0.315 e. The van der Waals surface area contributed by atoms with E-state index in [1.807, 2.05) is 0 Å². The third kappa shape index (κ3) is 1.64. The van der Waals surface area contributed by atoms with Gasteiger partial charge in [-0.25, -0.2) is 4.98 Å².